The Kier molecular flexibility index (Phi) is 8.01. The van der Waals surface area contributed by atoms with Crippen molar-refractivity contribution in [3.63, 3.8) is 0 Å². The van der Waals surface area contributed by atoms with E-state index in [9.17, 15) is 18.0 Å². The lowest BCUT2D eigenvalue weighted by atomic mass is 10.4. The molecule has 1 N–H and O–H groups in total. The highest BCUT2D eigenvalue weighted by atomic mass is 32.2. The summed E-state index contributed by atoms with van der Waals surface area (Å²) in [6, 6.07) is 0. The van der Waals surface area contributed by atoms with Gasteiger partial charge in [0.15, 0.2) is 0 Å². The normalized spacial score (nSPS) is 11.8. The summed E-state index contributed by atoms with van der Waals surface area (Å²) in [5.74, 6) is -1.30. The van der Waals surface area contributed by atoms with E-state index in [-0.39, 0.29) is 19.3 Å². The molecule has 0 saturated carbocycles. The SMILES string of the molecule is CC(C)OC(=O)/C=C/C(=O)OCCCNS(C)(=O)=O. The minimum atomic E-state index is -3.22. The summed E-state index contributed by atoms with van der Waals surface area (Å²) in [5, 5.41) is 0. The van der Waals surface area contributed by atoms with Crippen LogP contribution in [0.15, 0.2) is 12.2 Å². The van der Waals surface area contributed by atoms with Crippen LogP contribution in [0.2, 0.25) is 0 Å². The average molecular weight is 293 g/mol. The smallest absolute Gasteiger partial charge is 0.331 e. The standard InChI is InChI=1S/C11H19NO6S/c1-9(2)18-11(14)6-5-10(13)17-8-4-7-12-19(3,15)16/h5-6,9,12H,4,7-8H2,1-3H3/b6-5+. The third-order valence-electron chi connectivity index (χ3n) is 1.64. The maximum absolute atomic E-state index is 11.1. The summed E-state index contributed by atoms with van der Waals surface area (Å²) < 4.78 is 33.2. The lowest BCUT2D eigenvalue weighted by Crippen LogP contribution is -2.24. The molecular weight excluding hydrogens is 274 g/mol. The summed E-state index contributed by atoms with van der Waals surface area (Å²) in [4.78, 5) is 22.2. The zero-order valence-corrected chi connectivity index (χ0v) is 12.0. The van der Waals surface area contributed by atoms with E-state index in [0.717, 1.165) is 18.4 Å². The van der Waals surface area contributed by atoms with E-state index in [1.54, 1.807) is 13.8 Å². The molecule has 0 amide bonds. The molecule has 110 valence electrons. The fourth-order valence-corrected chi connectivity index (χ4v) is 1.47. The molecule has 0 aliphatic heterocycles. The molecule has 0 atom stereocenters. The van der Waals surface area contributed by atoms with Crippen LogP contribution in [0.5, 0.6) is 0 Å². The van der Waals surface area contributed by atoms with Crippen molar-refractivity contribution in [1.29, 1.82) is 0 Å². The predicted molar refractivity (Wildman–Crippen MR) is 68.8 cm³/mol. The van der Waals surface area contributed by atoms with E-state index < -0.39 is 22.0 Å². The maximum atomic E-state index is 11.1. The Morgan fingerprint density at radius 1 is 1.21 bits per heavy atom. The minimum Gasteiger partial charge on any atom is -0.462 e. The predicted octanol–water partition coefficient (Wildman–Crippen LogP) is -0.0233. The molecule has 0 spiro atoms. The van der Waals surface area contributed by atoms with Crippen LogP contribution < -0.4 is 4.72 Å². The summed E-state index contributed by atoms with van der Waals surface area (Å²) in [5.41, 5.74) is 0. The molecule has 0 aliphatic rings. The molecule has 0 aliphatic carbocycles. The van der Waals surface area contributed by atoms with Gasteiger partial charge in [-0.1, -0.05) is 0 Å². The van der Waals surface area contributed by atoms with Crippen LogP contribution in [0.1, 0.15) is 20.3 Å². The molecule has 0 aromatic rings. The number of carbonyl (C=O) groups excluding carboxylic acids is 2. The van der Waals surface area contributed by atoms with Crippen LogP contribution >= 0.6 is 0 Å². The van der Waals surface area contributed by atoms with Crippen molar-refractivity contribution in [1.82, 2.24) is 4.72 Å². The number of hydrogen-bond donors (Lipinski definition) is 1. The molecule has 0 radical (unpaired) electrons. The van der Waals surface area contributed by atoms with E-state index in [4.69, 9.17) is 9.47 Å². The highest BCUT2D eigenvalue weighted by molar-refractivity contribution is 7.88. The van der Waals surface area contributed by atoms with Crippen LogP contribution in [0.4, 0.5) is 0 Å². The summed E-state index contributed by atoms with van der Waals surface area (Å²) >= 11 is 0. The molecule has 0 bridgehead atoms. The second-order valence-electron chi connectivity index (χ2n) is 4.01. The van der Waals surface area contributed by atoms with Gasteiger partial charge >= 0.3 is 11.9 Å². The Morgan fingerprint density at radius 2 is 1.79 bits per heavy atom. The summed E-state index contributed by atoms with van der Waals surface area (Å²) in [6.07, 6.45) is 3.09. The number of ether oxygens (including phenoxy) is 2. The van der Waals surface area contributed by atoms with Crippen molar-refractivity contribution in [2.75, 3.05) is 19.4 Å². The van der Waals surface area contributed by atoms with Gasteiger partial charge in [0.2, 0.25) is 10.0 Å². The Morgan fingerprint density at radius 3 is 2.32 bits per heavy atom. The second kappa shape index (κ2) is 8.65. The number of hydrogen-bond acceptors (Lipinski definition) is 6. The van der Waals surface area contributed by atoms with Gasteiger partial charge in [-0.3, -0.25) is 0 Å². The first-order valence-electron chi connectivity index (χ1n) is 5.71. The molecule has 0 fully saturated rings. The largest absolute Gasteiger partial charge is 0.462 e. The Balaban J connectivity index is 3.76. The lowest BCUT2D eigenvalue weighted by molar-refractivity contribution is -0.142. The molecule has 7 nitrogen and oxygen atoms in total. The van der Waals surface area contributed by atoms with Gasteiger partial charge in [0.05, 0.1) is 19.0 Å². The van der Waals surface area contributed by atoms with Gasteiger partial charge in [-0.15, -0.1) is 0 Å². The third kappa shape index (κ3) is 12.8. The molecule has 0 saturated heterocycles. The van der Waals surface area contributed by atoms with Crippen molar-refractivity contribution >= 4 is 22.0 Å². The van der Waals surface area contributed by atoms with Crippen LogP contribution in [-0.4, -0.2) is 45.9 Å². The molecule has 0 heterocycles. The van der Waals surface area contributed by atoms with E-state index in [1.807, 2.05) is 0 Å². The van der Waals surface area contributed by atoms with Crippen molar-refractivity contribution < 1.29 is 27.5 Å². The molecule has 8 heteroatoms. The van der Waals surface area contributed by atoms with Gasteiger partial charge in [-0.05, 0) is 20.3 Å². The fraction of sp³-hybridized carbons (Fsp3) is 0.636. The first-order chi connectivity index (χ1) is 8.70. The van der Waals surface area contributed by atoms with Crippen LogP contribution in [0, 0.1) is 0 Å². The van der Waals surface area contributed by atoms with Gasteiger partial charge in [-0.25, -0.2) is 22.7 Å². The summed E-state index contributed by atoms with van der Waals surface area (Å²) in [7, 11) is -3.22. The average Bonchev–Trinajstić information content (AvgIpc) is 2.23. The van der Waals surface area contributed by atoms with E-state index in [2.05, 4.69) is 4.72 Å². The topological polar surface area (TPSA) is 98.8 Å². The van der Waals surface area contributed by atoms with Crippen LogP contribution in [0.3, 0.4) is 0 Å². The van der Waals surface area contributed by atoms with Gasteiger partial charge in [0, 0.05) is 18.7 Å². The molecular formula is C11H19NO6S. The van der Waals surface area contributed by atoms with E-state index in [1.165, 1.54) is 0 Å². The third-order valence-corrected chi connectivity index (χ3v) is 2.37. The van der Waals surface area contributed by atoms with Gasteiger partial charge in [-0.2, -0.15) is 0 Å². The van der Waals surface area contributed by atoms with Gasteiger partial charge in [0.25, 0.3) is 0 Å². The summed E-state index contributed by atoms with van der Waals surface area (Å²) in [6.45, 7) is 3.63. The van der Waals surface area contributed by atoms with Crippen molar-refractivity contribution in [3.8, 4) is 0 Å². The van der Waals surface area contributed by atoms with Gasteiger partial charge in [0.1, 0.15) is 0 Å². The molecule has 0 unspecified atom stereocenters. The molecule has 0 aromatic carbocycles. The monoisotopic (exact) mass is 293 g/mol. The minimum absolute atomic E-state index is 0.0604. The van der Waals surface area contributed by atoms with Crippen molar-refractivity contribution in [2.45, 2.75) is 26.4 Å². The maximum Gasteiger partial charge on any atom is 0.331 e. The Bertz CT molecular complexity index is 426. The number of sulfonamides is 1. The Hall–Kier alpha value is -1.41. The number of esters is 2. The van der Waals surface area contributed by atoms with E-state index in [0.29, 0.717) is 6.42 Å². The van der Waals surface area contributed by atoms with E-state index >= 15 is 0 Å². The number of carbonyl (C=O) groups is 2. The number of rotatable bonds is 8. The molecule has 0 rings (SSSR count). The first-order valence-corrected chi connectivity index (χ1v) is 7.60. The lowest BCUT2D eigenvalue weighted by Gasteiger charge is -2.04. The van der Waals surface area contributed by atoms with Crippen molar-refractivity contribution in [2.24, 2.45) is 0 Å². The molecule has 0 aromatic heterocycles. The highest BCUT2D eigenvalue weighted by Crippen LogP contribution is 1.92. The van der Waals surface area contributed by atoms with Crippen LogP contribution in [-0.2, 0) is 29.1 Å². The van der Waals surface area contributed by atoms with Crippen LogP contribution in [0.25, 0.3) is 0 Å². The zero-order chi connectivity index (χ0) is 14.9. The quantitative estimate of drug-likeness (QED) is 0.383. The highest BCUT2D eigenvalue weighted by Gasteiger charge is 2.03. The van der Waals surface area contributed by atoms with Crippen molar-refractivity contribution in [3.05, 3.63) is 12.2 Å². The zero-order valence-electron chi connectivity index (χ0n) is 11.2. The van der Waals surface area contributed by atoms with Gasteiger partial charge < -0.3 is 9.47 Å². The Labute approximate surface area is 113 Å². The molecule has 19 heavy (non-hydrogen) atoms. The first kappa shape index (κ1) is 17.6. The number of nitrogens with one attached hydrogen (secondary N) is 1. The second-order valence-corrected chi connectivity index (χ2v) is 5.84. The fourth-order valence-electron chi connectivity index (χ4n) is 0.958.